The number of rotatable bonds is 5. The number of piperidine rings is 1. The molecular weight excluding hydrogens is 513 g/mol. The average molecular weight is 544 g/mol. The maximum atomic E-state index is 13.2. The van der Waals surface area contributed by atoms with Gasteiger partial charge in [-0.3, -0.25) is 4.79 Å². The van der Waals surface area contributed by atoms with E-state index in [1.807, 2.05) is 32.0 Å². The molecule has 5 rings (SSSR count). The summed E-state index contributed by atoms with van der Waals surface area (Å²) >= 11 is 12.2. The lowest BCUT2D eigenvalue weighted by Gasteiger charge is -2.47. The molecule has 6 nitrogen and oxygen atoms in total. The van der Waals surface area contributed by atoms with E-state index >= 15 is 0 Å². The number of fused-ring (bicyclic) bond motifs is 2. The number of nitrogens with zero attached hydrogens (tertiary/aromatic N) is 1. The third kappa shape index (κ3) is 5.12. The third-order valence-corrected chi connectivity index (χ3v) is 8.75. The van der Waals surface area contributed by atoms with E-state index < -0.39 is 11.2 Å². The number of halogens is 2. The van der Waals surface area contributed by atoms with Gasteiger partial charge in [0.1, 0.15) is 17.9 Å². The van der Waals surface area contributed by atoms with Gasteiger partial charge in [-0.25, -0.2) is 4.79 Å². The second kappa shape index (κ2) is 10.3. The minimum absolute atomic E-state index is 0.0123. The van der Waals surface area contributed by atoms with Crippen LogP contribution < -0.4 is 10.4 Å². The van der Waals surface area contributed by atoms with E-state index in [4.69, 9.17) is 32.4 Å². The molecular formula is C29H31Cl2NO5. The van der Waals surface area contributed by atoms with Crippen LogP contribution in [-0.2, 0) is 17.8 Å². The topological polar surface area (TPSA) is 80.0 Å². The van der Waals surface area contributed by atoms with E-state index in [9.17, 15) is 14.7 Å². The standard InChI is InChI=1S/C29H31Cl2NO5/c1-17-22-8-9-25(36-16-19-6-7-21(30)13-24(19)31)18(2)27(22)37-28(34)23(17)14-26(33)32-12-11-29(35)10-4-3-5-20(29)15-32/h6-9,13,20,35H,3-5,10-12,14-16H2,1-2H3/t20-,29-/m0/s1. The second-order valence-electron chi connectivity index (χ2n) is 10.4. The fourth-order valence-corrected chi connectivity index (χ4v) is 6.25. The number of aryl methyl sites for hydroxylation is 2. The molecule has 3 aromatic rings. The Morgan fingerprint density at radius 1 is 1.16 bits per heavy atom. The summed E-state index contributed by atoms with van der Waals surface area (Å²) in [6.45, 7) is 4.99. The largest absolute Gasteiger partial charge is 0.488 e. The fraction of sp³-hybridized carbons (Fsp3) is 0.448. The molecule has 0 unspecified atom stereocenters. The van der Waals surface area contributed by atoms with Crippen molar-refractivity contribution in [1.82, 2.24) is 4.90 Å². The quantitative estimate of drug-likeness (QED) is 0.399. The number of hydrogen-bond donors (Lipinski definition) is 1. The van der Waals surface area contributed by atoms with E-state index in [1.54, 1.807) is 17.0 Å². The Labute approximate surface area is 226 Å². The number of carbonyl (C=O) groups excluding carboxylic acids is 1. The van der Waals surface area contributed by atoms with Crippen LogP contribution in [0.1, 0.15) is 54.4 Å². The first kappa shape index (κ1) is 26.1. The number of likely N-dealkylation sites (tertiary alicyclic amines) is 1. The van der Waals surface area contributed by atoms with Crippen molar-refractivity contribution >= 4 is 40.1 Å². The van der Waals surface area contributed by atoms with Crippen LogP contribution in [0.2, 0.25) is 10.0 Å². The van der Waals surface area contributed by atoms with Crippen LogP contribution in [0.4, 0.5) is 0 Å². The molecule has 2 aromatic carbocycles. The molecule has 1 amide bonds. The van der Waals surface area contributed by atoms with Crippen LogP contribution in [0.15, 0.2) is 39.5 Å². The summed E-state index contributed by atoms with van der Waals surface area (Å²) in [4.78, 5) is 28.0. The van der Waals surface area contributed by atoms with Gasteiger partial charge in [0.25, 0.3) is 0 Å². The molecule has 2 fully saturated rings. The van der Waals surface area contributed by atoms with Crippen molar-refractivity contribution in [3.8, 4) is 5.75 Å². The fourth-order valence-electron chi connectivity index (χ4n) is 5.79. The zero-order valence-electron chi connectivity index (χ0n) is 21.1. The molecule has 37 heavy (non-hydrogen) atoms. The summed E-state index contributed by atoms with van der Waals surface area (Å²) in [6, 6.07) is 8.93. The molecule has 8 heteroatoms. The van der Waals surface area contributed by atoms with E-state index in [1.165, 1.54) is 0 Å². The van der Waals surface area contributed by atoms with Crippen LogP contribution in [0.25, 0.3) is 11.0 Å². The molecule has 1 N–H and O–H groups in total. The number of ether oxygens (including phenoxy) is 1. The summed E-state index contributed by atoms with van der Waals surface area (Å²) in [7, 11) is 0. The predicted molar refractivity (Wildman–Crippen MR) is 145 cm³/mol. The van der Waals surface area contributed by atoms with Gasteiger partial charge in [-0.1, -0.05) is 42.1 Å². The summed E-state index contributed by atoms with van der Waals surface area (Å²) in [6.07, 6.45) is 4.45. The SMILES string of the molecule is Cc1c(CC(=O)N2CC[C@@]3(O)CCCC[C@H]3C2)c(=O)oc2c(C)c(OCc3ccc(Cl)cc3Cl)ccc12. The Hall–Kier alpha value is -2.54. The number of hydrogen-bond acceptors (Lipinski definition) is 5. The number of aliphatic hydroxyl groups is 1. The van der Waals surface area contributed by atoms with Gasteiger partial charge in [0.15, 0.2) is 0 Å². The second-order valence-corrected chi connectivity index (χ2v) is 11.2. The minimum Gasteiger partial charge on any atom is -0.488 e. The Kier molecular flexibility index (Phi) is 7.27. The highest BCUT2D eigenvalue weighted by molar-refractivity contribution is 6.35. The zero-order valence-corrected chi connectivity index (χ0v) is 22.6. The van der Waals surface area contributed by atoms with E-state index in [0.717, 1.165) is 42.2 Å². The Bertz CT molecular complexity index is 1420. The first-order valence-electron chi connectivity index (χ1n) is 12.8. The van der Waals surface area contributed by atoms with E-state index in [0.29, 0.717) is 52.0 Å². The highest BCUT2D eigenvalue weighted by Gasteiger charge is 2.43. The van der Waals surface area contributed by atoms with Crippen LogP contribution in [0.3, 0.4) is 0 Å². The molecule has 1 saturated carbocycles. The molecule has 2 atom stereocenters. The molecule has 0 bridgehead atoms. The van der Waals surface area contributed by atoms with Crippen molar-refractivity contribution in [2.45, 2.75) is 64.6 Å². The Balaban J connectivity index is 1.35. The van der Waals surface area contributed by atoms with Gasteiger partial charge in [-0.2, -0.15) is 0 Å². The van der Waals surface area contributed by atoms with Crippen LogP contribution in [0, 0.1) is 19.8 Å². The maximum absolute atomic E-state index is 13.2. The van der Waals surface area contributed by atoms with Crippen molar-refractivity contribution in [3.05, 3.63) is 73.1 Å². The van der Waals surface area contributed by atoms with Crippen molar-refractivity contribution < 1.29 is 19.1 Å². The first-order valence-corrected chi connectivity index (χ1v) is 13.5. The van der Waals surface area contributed by atoms with Gasteiger partial charge in [-0.05, 0) is 62.9 Å². The van der Waals surface area contributed by atoms with Gasteiger partial charge < -0.3 is 19.2 Å². The van der Waals surface area contributed by atoms with E-state index in [2.05, 4.69) is 0 Å². The van der Waals surface area contributed by atoms with Crippen molar-refractivity contribution in [2.75, 3.05) is 13.1 Å². The van der Waals surface area contributed by atoms with Crippen molar-refractivity contribution in [1.29, 1.82) is 0 Å². The first-order chi connectivity index (χ1) is 17.7. The van der Waals surface area contributed by atoms with Crippen LogP contribution >= 0.6 is 23.2 Å². The monoisotopic (exact) mass is 543 g/mol. The van der Waals surface area contributed by atoms with Gasteiger partial charge in [0.05, 0.1) is 17.6 Å². The molecule has 2 aliphatic rings. The molecule has 1 saturated heterocycles. The van der Waals surface area contributed by atoms with E-state index in [-0.39, 0.29) is 24.9 Å². The minimum atomic E-state index is -0.650. The number of amides is 1. The summed E-state index contributed by atoms with van der Waals surface area (Å²) in [5.74, 6) is 0.592. The lowest BCUT2D eigenvalue weighted by Crippen LogP contribution is -2.55. The summed E-state index contributed by atoms with van der Waals surface area (Å²) in [5, 5.41) is 12.8. The average Bonchev–Trinajstić information content (AvgIpc) is 2.86. The van der Waals surface area contributed by atoms with Gasteiger partial charge in [-0.15, -0.1) is 0 Å². The van der Waals surface area contributed by atoms with Gasteiger partial charge in [0, 0.05) is 45.6 Å². The number of carbonyl (C=O) groups is 1. The molecule has 0 spiro atoms. The highest BCUT2D eigenvalue weighted by Crippen LogP contribution is 2.40. The molecule has 1 aliphatic heterocycles. The molecule has 2 heterocycles. The summed E-state index contributed by atoms with van der Waals surface area (Å²) < 4.78 is 11.7. The maximum Gasteiger partial charge on any atom is 0.340 e. The Morgan fingerprint density at radius 3 is 2.76 bits per heavy atom. The number of benzene rings is 2. The molecule has 0 radical (unpaired) electrons. The van der Waals surface area contributed by atoms with Crippen molar-refractivity contribution in [3.63, 3.8) is 0 Å². The zero-order chi connectivity index (χ0) is 26.3. The third-order valence-electron chi connectivity index (χ3n) is 8.16. The highest BCUT2D eigenvalue weighted by atomic mass is 35.5. The summed E-state index contributed by atoms with van der Waals surface area (Å²) in [5.41, 5.74) is 1.90. The normalized spacial score (nSPS) is 21.6. The lowest BCUT2D eigenvalue weighted by atomic mass is 9.71. The van der Waals surface area contributed by atoms with Gasteiger partial charge >= 0.3 is 5.63 Å². The van der Waals surface area contributed by atoms with Gasteiger partial charge in [0.2, 0.25) is 5.91 Å². The smallest absolute Gasteiger partial charge is 0.340 e. The van der Waals surface area contributed by atoms with Crippen LogP contribution in [-0.4, -0.2) is 34.6 Å². The molecule has 1 aliphatic carbocycles. The van der Waals surface area contributed by atoms with Crippen molar-refractivity contribution in [2.24, 2.45) is 5.92 Å². The van der Waals surface area contributed by atoms with Crippen LogP contribution in [0.5, 0.6) is 5.75 Å². The molecule has 1 aromatic heterocycles. The predicted octanol–water partition coefficient (Wildman–Crippen LogP) is 5.99. The molecule has 196 valence electrons. The lowest BCUT2D eigenvalue weighted by molar-refractivity contribution is -0.142. The Morgan fingerprint density at radius 2 is 1.97 bits per heavy atom.